The molecule has 160 valence electrons. The van der Waals surface area contributed by atoms with Crippen LogP contribution in [-0.4, -0.2) is 53.4 Å². The van der Waals surface area contributed by atoms with Crippen molar-refractivity contribution in [2.75, 3.05) is 31.5 Å². The number of anilines is 1. The van der Waals surface area contributed by atoms with Crippen LogP contribution < -0.4 is 5.32 Å². The van der Waals surface area contributed by atoms with E-state index in [1.165, 1.54) is 47.4 Å². The second-order valence-electron chi connectivity index (χ2n) is 6.61. The molecule has 1 saturated heterocycles. The molecule has 5 nitrogen and oxygen atoms in total. The Morgan fingerprint density at radius 2 is 1.53 bits per heavy atom. The van der Waals surface area contributed by atoms with Crippen LogP contribution in [0.25, 0.3) is 0 Å². The van der Waals surface area contributed by atoms with Crippen LogP contribution in [0.2, 0.25) is 0 Å². The summed E-state index contributed by atoms with van der Waals surface area (Å²) in [5.41, 5.74) is -4.04. The number of rotatable bonds is 3. The predicted molar refractivity (Wildman–Crippen MR) is 106 cm³/mol. The topological polar surface area (TPSA) is 52.7 Å². The highest BCUT2D eigenvalue weighted by molar-refractivity contribution is 8.00. The van der Waals surface area contributed by atoms with Crippen molar-refractivity contribution in [3.8, 4) is 0 Å². The van der Waals surface area contributed by atoms with Crippen molar-refractivity contribution < 1.29 is 27.2 Å². The molecule has 0 bridgehead atoms. The molecule has 0 aliphatic carbocycles. The van der Waals surface area contributed by atoms with Gasteiger partial charge in [0, 0.05) is 36.6 Å². The van der Waals surface area contributed by atoms with Crippen molar-refractivity contribution in [2.45, 2.75) is 16.8 Å². The van der Waals surface area contributed by atoms with E-state index in [4.69, 9.17) is 0 Å². The summed E-state index contributed by atoms with van der Waals surface area (Å²) in [5.74, 6) is -0.696. The molecule has 1 N–H and O–H groups in total. The Kier molecular flexibility index (Phi) is 6.86. The Bertz CT molecular complexity index is 906. The largest absolute Gasteiger partial charge is 0.446 e. The van der Waals surface area contributed by atoms with E-state index in [1.807, 2.05) is 0 Å². The maximum absolute atomic E-state index is 13.1. The lowest BCUT2D eigenvalue weighted by Gasteiger charge is -2.23. The predicted octanol–water partition coefficient (Wildman–Crippen LogP) is 4.82. The van der Waals surface area contributed by atoms with Gasteiger partial charge in [0.1, 0.15) is 5.82 Å². The molecule has 1 fully saturated rings. The minimum Gasteiger partial charge on any atom is -0.337 e. The monoisotopic (exact) mass is 441 g/mol. The number of para-hydroxylation sites is 1. The van der Waals surface area contributed by atoms with E-state index in [9.17, 15) is 27.2 Å². The van der Waals surface area contributed by atoms with Gasteiger partial charge in [0.05, 0.1) is 5.69 Å². The maximum Gasteiger partial charge on any atom is 0.446 e. The lowest BCUT2D eigenvalue weighted by atomic mass is 10.2. The Morgan fingerprint density at radius 3 is 2.23 bits per heavy atom. The third kappa shape index (κ3) is 5.88. The Hall–Kier alpha value is -2.75. The highest BCUT2D eigenvalue weighted by Crippen LogP contribution is 2.40. The van der Waals surface area contributed by atoms with E-state index in [1.54, 1.807) is 11.0 Å². The number of amides is 3. The van der Waals surface area contributed by atoms with Gasteiger partial charge in [0.25, 0.3) is 5.91 Å². The van der Waals surface area contributed by atoms with Crippen molar-refractivity contribution in [1.29, 1.82) is 0 Å². The highest BCUT2D eigenvalue weighted by atomic mass is 32.2. The van der Waals surface area contributed by atoms with E-state index in [0.717, 1.165) is 0 Å². The fourth-order valence-corrected chi connectivity index (χ4v) is 3.70. The molecule has 0 spiro atoms. The molecule has 1 aliphatic heterocycles. The molecule has 30 heavy (non-hydrogen) atoms. The number of hydrogen-bond acceptors (Lipinski definition) is 3. The van der Waals surface area contributed by atoms with Gasteiger partial charge >= 0.3 is 11.5 Å². The van der Waals surface area contributed by atoms with Crippen LogP contribution in [0.3, 0.4) is 0 Å². The summed E-state index contributed by atoms with van der Waals surface area (Å²) in [6.45, 7) is 1.27. The number of thioether (sulfide) groups is 1. The summed E-state index contributed by atoms with van der Waals surface area (Å²) < 4.78 is 51.2. The molecular formula is C20H19F4N3O2S. The van der Waals surface area contributed by atoms with Crippen LogP contribution >= 0.6 is 11.8 Å². The zero-order valence-electron chi connectivity index (χ0n) is 15.8. The van der Waals surface area contributed by atoms with E-state index >= 15 is 0 Å². The van der Waals surface area contributed by atoms with Crippen molar-refractivity contribution in [1.82, 2.24) is 9.80 Å². The van der Waals surface area contributed by atoms with Gasteiger partial charge in [0.2, 0.25) is 0 Å². The Labute approximate surface area is 175 Å². The molecular weight excluding hydrogens is 422 g/mol. The van der Waals surface area contributed by atoms with E-state index < -0.39 is 17.4 Å². The summed E-state index contributed by atoms with van der Waals surface area (Å²) in [4.78, 5) is 28.1. The molecule has 2 aromatic rings. The van der Waals surface area contributed by atoms with Gasteiger partial charge in [0.15, 0.2) is 0 Å². The normalized spacial score (nSPS) is 14.9. The molecule has 0 unspecified atom stereocenters. The van der Waals surface area contributed by atoms with Gasteiger partial charge in [-0.3, -0.25) is 4.79 Å². The molecule has 0 saturated carbocycles. The second-order valence-corrected chi connectivity index (χ2v) is 7.72. The number of carbonyl (C=O) groups is 2. The molecule has 3 amide bonds. The highest BCUT2D eigenvalue weighted by Gasteiger charge is 2.31. The van der Waals surface area contributed by atoms with Crippen LogP contribution in [0, 0.1) is 5.82 Å². The number of carbonyl (C=O) groups excluding carboxylic acids is 2. The van der Waals surface area contributed by atoms with Crippen molar-refractivity contribution in [3.63, 3.8) is 0 Å². The molecule has 0 atom stereocenters. The smallest absolute Gasteiger partial charge is 0.337 e. The molecule has 3 rings (SSSR count). The Morgan fingerprint density at radius 1 is 0.900 bits per heavy atom. The summed E-state index contributed by atoms with van der Waals surface area (Å²) >= 11 is -0.290. The van der Waals surface area contributed by atoms with Crippen LogP contribution in [-0.2, 0) is 0 Å². The molecule has 10 heteroatoms. The number of nitrogens with zero attached hydrogens (tertiary/aromatic N) is 2. The van der Waals surface area contributed by atoms with E-state index in [-0.39, 0.29) is 41.3 Å². The average molecular weight is 441 g/mol. The third-order valence-corrected chi connectivity index (χ3v) is 5.32. The molecule has 0 aromatic heterocycles. The first-order valence-electron chi connectivity index (χ1n) is 9.18. The molecule has 1 heterocycles. The zero-order valence-corrected chi connectivity index (χ0v) is 16.6. The van der Waals surface area contributed by atoms with Gasteiger partial charge in [-0.2, -0.15) is 13.2 Å². The summed E-state index contributed by atoms with van der Waals surface area (Å²) in [6, 6.07) is 10.4. The lowest BCUT2D eigenvalue weighted by Crippen LogP contribution is -2.39. The number of benzene rings is 2. The van der Waals surface area contributed by atoms with Gasteiger partial charge in [-0.25, -0.2) is 9.18 Å². The van der Waals surface area contributed by atoms with Gasteiger partial charge in [-0.1, -0.05) is 12.1 Å². The number of alkyl halides is 3. The second kappa shape index (κ2) is 9.38. The average Bonchev–Trinajstić information content (AvgIpc) is 2.95. The zero-order chi connectivity index (χ0) is 21.7. The summed E-state index contributed by atoms with van der Waals surface area (Å²) in [7, 11) is 0. The lowest BCUT2D eigenvalue weighted by molar-refractivity contribution is -0.0328. The number of halogens is 4. The van der Waals surface area contributed by atoms with Gasteiger partial charge < -0.3 is 15.1 Å². The third-order valence-electron chi connectivity index (χ3n) is 4.52. The minimum atomic E-state index is -4.47. The fourth-order valence-electron chi connectivity index (χ4n) is 3.08. The first-order chi connectivity index (χ1) is 14.2. The van der Waals surface area contributed by atoms with Gasteiger partial charge in [-0.15, -0.1) is 0 Å². The number of urea groups is 1. The SMILES string of the molecule is O=C(Nc1ccccc1SC(F)(F)F)N1CCCN(C(=O)c2ccc(F)cc2)CC1. The van der Waals surface area contributed by atoms with E-state index in [0.29, 0.717) is 25.1 Å². The minimum absolute atomic E-state index is 0.0771. The van der Waals surface area contributed by atoms with Crippen LogP contribution in [0.1, 0.15) is 16.8 Å². The summed E-state index contributed by atoms with van der Waals surface area (Å²) in [5, 5.41) is 2.53. The van der Waals surface area contributed by atoms with Gasteiger partial charge in [-0.05, 0) is 54.6 Å². The first-order valence-corrected chi connectivity index (χ1v) is 10.00. The quantitative estimate of drug-likeness (QED) is 0.549. The fraction of sp³-hybridized carbons (Fsp3) is 0.300. The molecule has 2 aromatic carbocycles. The van der Waals surface area contributed by atoms with E-state index in [2.05, 4.69) is 5.32 Å². The van der Waals surface area contributed by atoms with Crippen LogP contribution in [0.15, 0.2) is 53.4 Å². The maximum atomic E-state index is 13.1. The number of nitrogens with one attached hydrogen (secondary N) is 1. The van der Waals surface area contributed by atoms with Crippen LogP contribution in [0.4, 0.5) is 28.0 Å². The molecule has 1 aliphatic rings. The van der Waals surface area contributed by atoms with Crippen molar-refractivity contribution >= 4 is 29.4 Å². The first kappa shape index (κ1) is 21.9. The Balaban J connectivity index is 1.62. The van der Waals surface area contributed by atoms with Crippen molar-refractivity contribution in [2.24, 2.45) is 0 Å². The summed E-state index contributed by atoms with van der Waals surface area (Å²) in [6.07, 6.45) is 0.513. The molecule has 0 radical (unpaired) electrons. The van der Waals surface area contributed by atoms with Crippen LogP contribution in [0.5, 0.6) is 0 Å². The number of hydrogen-bond donors (Lipinski definition) is 1. The standard InChI is InChI=1S/C20H19F4N3O2S/c21-15-8-6-14(7-9-15)18(28)26-10-3-11-27(13-12-26)19(29)25-16-4-1-2-5-17(16)30-20(22,23)24/h1-2,4-9H,3,10-13H2,(H,25,29). The van der Waals surface area contributed by atoms with Crippen molar-refractivity contribution in [3.05, 3.63) is 59.9 Å².